The first-order valence-electron chi connectivity index (χ1n) is 7.46. The number of carbonyl (C=O) groups is 2. The lowest BCUT2D eigenvalue weighted by molar-refractivity contribution is -0.108. The Balaban J connectivity index is 1.88. The number of carbonyl (C=O) groups excluding carboxylic acids is 1. The number of aromatic carboxylic acids is 1. The predicted molar refractivity (Wildman–Crippen MR) is 98.1 cm³/mol. The lowest BCUT2D eigenvalue weighted by atomic mass is 9.82. The first-order valence-corrected chi connectivity index (χ1v) is 9.61. The van der Waals surface area contributed by atoms with Crippen LogP contribution in [0.1, 0.15) is 21.5 Å². The van der Waals surface area contributed by atoms with E-state index < -0.39 is 15.6 Å². The Hall–Kier alpha value is -1.76. The van der Waals surface area contributed by atoms with Crippen LogP contribution < -0.4 is 5.73 Å². The minimum atomic E-state index is -0.956. The molecule has 1 saturated heterocycles. The number of rotatable bonds is 7. The molecule has 0 aromatic heterocycles. The number of hydrogen-bond donors (Lipinski definition) is 2. The summed E-state index contributed by atoms with van der Waals surface area (Å²) in [5.41, 5.74) is 8.23. The van der Waals surface area contributed by atoms with Crippen molar-refractivity contribution < 1.29 is 14.7 Å². The van der Waals surface area contributed by atoms with E-state index in [-0.39, 0.29) is 5.56 Å². The molecule has 0 spiro atoms. The number of nitrogens with two attached hydrogens (primary N) is 1. The molecule has 1 atom stereocenters. The molecule has 1 fully saturated rings. The molecule has 0 aliphatic carbocycles. The van der Waals surface area contributed by atoms with Crippen LogP contribution in [0.2, 0.25) is 0 Å². The fraction of sp³-hybridized carbons (Fsp3) is 0.222. The van der Waals surface area contributed by atoms with Crippen LogP contribution in [0.5, 0.6) is 0 Å². The quantitative estimate of drug-likeness (QED) is 0.449. The van der Waals surface area contributed by atoms with Crippen molar-refractivity contribution in [2.24, 2.45) is 5.73 Å². The van der Waals surface area contributed by atoms with E-state index in [1.165, 1.54) is 21.6 Å². The Bertz CT molecular complexity index is 745. The van der Waals surface area contributed by atoms with E-state index >= 15 is 0 Å². The van der Waals surface area contributed by atoms with Gasteiger partial charge in [0.2, 0.25) is 0 Å². The maximum Gasteiger partial charge on any atom is 0.335 e. The van der Waals surface area contributed by atoms with Gasteiger partial charge >= 0.3 is 5.97 Å². The van der Waals surface area contributed by atoms with Gasteiger partial charge in [-0.1, -0.05) is 64.1 Å². The topological polar surface area (TPSA) is 80.4 Å². The van der Waals surface area contributed by atoms with Crippen molar-refractivity contribution in [3.05, 3.63) is 71.3 Å². The lowest BCUT2D eigenvalue weighted by Crippen LogP contribution is -2.55. The zero-order valence-corrected chi connectivity index (χ0v) is 14.5. The van der Waals surface area contributed by atoms with Crippen LogP contribution in [0.25, 0.3) is 0 Å². The van der Waals surface area contributed by atoms with Gasteiger partial charge in [0.25, 0.3) is 0 Å². The van der Waals surface area contributed by atoms with Gasteiger partial charge in [0.1, 0.15) is 6.29 Å². The zero-order chi connectivity index (χ0) is 17.2. The SMILES string of the molecule is NC(Cc1ccccc1)(Cc1ccc(C(=O)O)cc1)C1(C=O)SS1. The Kier molecular flexibility index (Phi) is 4.71. The lowest BCUT2D eigenvalue weighted by Gasteiger charge is -2.33. The molecule has 24 heavy (non-hydrogen) atoms. The predicted octanol–water partition coefficient (Wildman–Crippen LogP) is 3.16. The normalized spacial score (nSPS) is 17.7. The van der Waals surface area contributed by atoms with Crippen LogP contribution in [-0.4, -0.2) is 27.0 Å². The van der Waals surface area contributed by atoms with Gasteiger partial charge in [0.15, 0.2) is 4.08 Å². The van der Waals surface area contributed by atoms with Crippen molar-refractivity contribution in [3.8, 4) is 0 Å². The highest BCUT2D eigenvalue weighted by molar-refractivity contribution is 8.94. The molecule has 1 aliphatic rings. The molecule has 0 bridgehead atoms. The standard InChI is InChI=1S/C18H17NO3S2/c19-17(18(12-20)23-24-18,10-13-4-2-1-3-5-13)11-14-6-8-15(9-7-14)16(21)22/h1-9,12H,10-11,19H2,(H,21,22). The second kappa shape index (κ2) is 6.63. The summed E-state index contributed by atoms with van der Waals surface area (Å²) in [5, 5.41) is 9.00. The van der Waals surface area contributed by atoms with Crippen LogP contribution in [0, 0.1) is 0 Å². The number of aldehydes is 1. The highest BCUT2D eigenvalue weighted by Crippen LogP contribution is 2.68. The molecule has 0 amide bonds. The Morgan fingerprint density at radius 2 is 1.58 bits per heavy atom. The average Bonchev–Trinajstić information content (AvgIpc) is 3.38. The van der Waals surface area contributed by atoms with Crippen LogP contribution >= 0.6 is 21.6 Å². The number of hydrogen-bond acceptors (Lipinski definition) is 5. The molecule has 124 valence electrons. The summed E-state index contributed by atoms with van der Waals surface area (Å²) in [4.78, 5) is 22.6. The molecular formula is C18H17NO3S2. The second-order valence-corrected chi connectivity index (χ2v) is 8.83. The first kappa shape index (κ1) is 17.1. The van der Waals surface area contributed by atoms with Gasteiger partial charge in [0.05, 0.1) is 11.1 Å². The Labute approximate surface area is 148 Å². The van der Waals surface area contributed by atoms with E-state index in [1.807, 2.05) is 30.3 Å². The number of benzene rings is 2. The van der Waals surface area contributed by atoms with Crippen molar-refractivity contribution >= 4 is 33.8 Å². The number of carboxylic acids is 1. The molecule has 2 aromatic carbocycles. The molecule has 1 unspecified atom stereocenters. The number of carboxylic acid groups (broad SMARTS) is 1. The third kappa shape index (κ3) is 3.36. The van der Waals surface area contributed by atoms with Crippen molar-refractivity contribution in [2.75, 3.05) is 0 Å². The molecule has 1 heterocycles. The molecule has 0 saturated carbocycles. The maximum absolute atomic E-state index is 11.7. The van der Waals surface area contributed by atoms with Gasteiger partial charge in [0, 0.05) is 0 Å². The highest BCUT2D eigenvalue weighted by atomic mass is 33.2. The second-order valence-electron chi connectivity index (χ2n) is 5.95. The van der Waals surface area contributed by atoms with Crippen LogP contribution in [0.3, 0.4) is 0 Å². The first-order chi connectivity index (χ1) is 11.5. The van der Waals surface area contributed by atoms with Gasteiger partial charge in [-0.05, 0) is 36.1 Å². The summed E-state index contributed by atoms with van der Waals surface area (Å²) in [6.45, 7) is 0. The van der Waals surface area contributed by atoms with E-state index in [1.54, 1.807) is 24.3 Å². The van der Waals surface area contributed by atoms with Crippen molar-refractivity contribution in [1.82, 2.24) is 0 Å². The van der Waals surface area contributed by atoms with E-state index in [0.29, 0.717) is 12.8 Å². The van der Waals surface area contributed by atoms with E-state index in [4.69, 9.17) is 10.8 Å². The van der Waals surface area contributed by atoms with Crippen molar-refractivity contribution in [1.29, 1.82) is 0 Å². The largest absolute Gasteiger partial charge is 0.478 e. The summed E-state index contributed by atoms with van der Waals surface area (Å²) < 4.78 is -0.645. The molecule has 3 N–H and O–H groups in total. The van der Waals surface area contributed by atoms with Gasteiger partial charge < -0.3 is 15.6 Å². The Morgan fingerprint density at radius 1 is 1.04 bits per heavy atom. The minimum absolute atomic E-state index is 0.240. The monoisotopic (exact) mass is 359 g/mol. The molecule has 3 rings (SSSR count). The molecule has 0 radical (unpaired) electrons. The maximum atomic E-state index is 11.7. The summed E-state index contributed by atoms with van der Waals surface area (Å²) in [7, 11) is 3.00. The van der Waals surface area contributed by atoms with E-state index in [0.717, 1.165) is 17.4 Å². The van der Waals surface area contributed by atoms with Crippen molar-refractivity contribution in [2.45, 2.75) is 22.5 Å². The molecule has 1 aliphatic heterocycles. The van der Waals surface area contributed by atoms with Crippen LogP contribution in [-0.2, 0) is 17.6 Å². The minimum Gasteiger partial charge on any atom is -0.478 e. The molecule has 6 heteroatoms. The van der Waals surface area contributed by atoms with Gasteiger partial charge in [-0.25, -0.2) is 4.79 Å². The fourth-order valence-corrected chi connectivity index (χ4v) is 5.06. The van der Waals surface area contributed by atoms with Crippen LogP contribution in [0.4, 0.5) is 0 Å². The zero-order valence-electron chi connectivity index (χ0n) is 12.8. The smallest absolute Gasteiger partial charge is 0.335 e. The van der Waals surface area contributed by atoms with Crippen LogP contribution in [0.15, 0.2) is 54.6 Å². The Morgan fingerprint density at radius 3 is 2.04 bits per heavy atom. The molecule has 4 nitrogen and oxygen atoms in total. The molecular weight excluding hydrogens is 342 g/mol. The summed E-state index contributed by atoms with van der Waals surface area (Å²) >= 11 is 0. The summed E-state index contributed by atoms with van der Waals surface area (Å²) in [6.07, 6.45) is 2.02. The van der Waals surface area contributed by atoms with Crippen molar-refractivity contribution in [3.63, 3.8) is 0 Å². The summed E-state index contributed by atoms with van der Waals surface area (Å²) in [5.74, 6) is -0.956. The third-order valence-electron chi connectivity index (χ3n) is 4.19. The van der Waals surface area contributed by atoms with Gasteiger partial charge in [-0.15, -0.1) is 0 Å². The fourth-order valence-electron chi connectivity index (χ4n) is 2.77. The van der Waals surface area contributed by atoms with E-state index in [2.05, 4.69) is 0 Å². The third-order valence-corrected chi connectivity index (χ3v) is 7.30. The summed E-state index contributed by atoms with van der Waals surface area (Å²) in [6, 6.07) is 16.6. The average molecular weight is 359 g/mol. The molecule has 2 aromatic rings. The highest BCUT2D eigenvalue weighted by Gasteiger charge is 2.60. The van der Waals surface area contributed by atoms with Gasteiger partial charge in [-0.3, -0.25) is 0 Å². The van der Waals surface area contributed by atoms with Gasteiger partial charge in [-0.2, -0.15) is 0 Å². The van der Waals surface area contributed by atoms with E-state index in [9.17, 15) is 9.59 Å².